The summed E-state index contributed by atoms with van der Waals surface area (Å²) in [4.78, 5) is 17.1. The molecule has 28 heavy (non-hydrogen) atoms. The van der Waals surface area contributed by atoms with E-state index in [1.54, 1.807) is 14.2 Å². The van der Waals surface area contributed by atoms with Gasteiger partial charge in [-0.15, -0.1) is 0 Å². The van der Waals surface area contributed by atoms with Gasteiger partial charge < -0.3 is 20.3 Å². The average molecular weight is 375 g/mol. The molecule has 0 aliphatic rings. The van der Waals surface area contributed by atoms with Crippen LogP contribution in [-0.2, 0) is 0 Å². The fourth-order valence-electron chi connectivity index (χ4n) is 2.89. The van der Waals surface area contributed by atoms with E-state index < -0.39 is 0 Å². The number of nitrogens with zero attached hydrogens (tertiary/aromatic N) is 4. The van der Waals surface area contributed by atoms with Crippen LogP contribution in [0, 0.1) is 0 Å². The number of hydrogen-bond donors (Lipinski definition) is 2. The Labute approximate surface area is 160 Å². The lowest BCUT2D eigenvalue weighted by Crippen LogP contribution is -2.02. The number of aromatic hydroxyl groups is 1. The van der Waals surface area contributed by atoms with E-state index in [9.17, 15) is 5.11 Å². The molecule has 0 fully saturated rings. The predicted octanol–water partition coefficient (Wildman–Crippen LogP) is 3.06. The van der Waals surface area contributed by atoms with Crippen LogP contribution < -0.4 is 15.2 Å². The van der Waals surface area contributed by atoms with Crippen molar-refractivity contribution in [2.75, 3.05) is 20.0 Å². The van der Waals surface area contributed by atoms with Crippen molar-refractivity contribution in [3.63, 3.8) is 0 Å². The lowest BCUT2D eigenvalue weighted by molar-refractivity contribution is 0.415. The summed E-state index contributed by atoms with van der Waals surface area (Å²) in [5, 5.41) is 10.2. The minimum atomic E-state index is -0.323. The van der Waals surface area contributed by atoms with E-state index >= 15 is 0 Å². The Morgan fingerprint density at radius 1 is 0.786 bits per heavy atom. The minimum absolute atomic E-state index is 0.0787. The van der Waals surface area contributed by atoms with Crippen molar-refractivity contribution in [2.24, 2.45) is 0 Å². The molecule has 140 valence electrons. The summed E-state index contributed by atoms with van der Waals surface area (Å²) in [6.45, 7) is 0. The number of ether oxygens (including phenoxy) is 2. The monoisotopic (exact) mass is 375 g/mol. The first-order valence-electron chi connectivity index (χ1n) is 8.42. The summed E-state index contributed by atoms with van der Waals surface area (Å²) in [5.41, 5.74) is 8.69. The zero-order chi connectivity index (χ0) is 19.7. The Kier molecular flexibility index (Phi) is 4.36. The summed E-state index contributed by atoms with van der Waals surface area (Å²) in [7, 11) is 3.19. The van der Waals surface area contributed by atoms with Gasteiger partial charge in [-0.05, 0) is 24.3 Å². The number of benzene rings is 2. The lowest BCUT2D eigenvalue weighted by atomic mass is 10.0. The number of hydrogen-bond acceptors (Lipinski definition) is 8. The SMILES string of the molecule is COc1cccc(-c2nc3nc(N)nc(O)c3nc2-c2cccc(OC)c2)c1. The van der Waals surface area contributed by atoms with Crippen molar-refractivity contribution in [1.82, 2.24) is 19.9 Å². The topological polar surface area (TPSA) is 116 Å². The van der Waals surface area contributed by atoms with Gasteiger partial charge in [-0.3, -0.25) is 0 Å². The molecule has 8 heteroatoms. The molecule has 4 rings (SSSR count). The zero-order valence-electron chi connectivity index (χ0n) is 15.2. The van der Waals surface area contributed by atoms with Gasteiger partial charge in [0.15, 0.2) is 11.2 Å². The number of methoxy groups -OCH3 is 2. The molecule has 2 aromatic carbocycles. The van der Waals surface area contributed by atoms with Crippen molar-refractivity contribution in [3.8, 4) is 39.9 Å². The maximum Gasteiger partial charge on any atom is 0.244 e. The molecular formula is C20H17N5O3. The standard InChI is InChI=1S/C20H17N5O3/c1-27-13-7-3-5-11(9-13)15-16(12-6-4-8-14(10-12)28-2)23-18-17(22-15)19(26)25-20(21)24-18/h3-10H,1-2H3,(H3,21,23,24,25,26). The molecule has 0 unspecified atom stereocenters. The third-order valence-corrected chi connectivity index (χ3v) is 4.22. The quantitative estimate of drug-likeness (QED) is 0.559. The van der Waals surface area contributed by atoms with Gasteiger partial charge in [0, 0.05) is 11.1 Å². The van der Waals surface area contributed by atoms with Crippen LogP contribution in [0.1, 0.15) is 0 Å². The van der Waals surface area contributed by atoms with E-state index in [1.165, 1.54) is 0 Å². The molecule has 3 N–H and O–H groups in total. The molecule has 8 nitrogen and oxygen atoms in total. The predicted molar refractivity (Wildman–Crippen MR) is 105 cm³/mol. The smallest absolute Gasteiger partial charge is 0.244 e. The van der Waals surface area contributed by atoms with Crippen LogP contribution in [0.15, 0.2) is 48.5 Å². The van der Waals surface area contributed by atoms with Gasteiger partial charge in [-0.2, -0.15) is 9.97 Å². The van der Waals surface area contributed by atoms with E-state index in [-0.39, 0.29) is 23.0 Å². The maximum atomic E-state index is 10.2. The van der Waals surface area contributed by atoms with Gasteiger partial charge in [0.25, 0.3) is 0 Å². The van der Waals surface area contributed by atoms with E-state index in [0.29, 0.717) is 22.9 Å². The third kappa shape index (κ3) is 3.11. The first-order chi connectivity index (χ1) is 13.6. The van der Waals surface area contributed by atoms with E-state index in [2.05, 4.69) is 19.9 Å². The fraction of sp³-hybridized carbons (Fsp3) is 0.100. The summed E-state index contributed by atoms with van der Waals surface area (Å²) < 4.78 is 10.7. The number of fused-ring (bicyclic) bond motifs is 1. The van der Waals surface area contributed by atoms with Gasteiger partial charge in [0.2, 0.25) is 11.8 Å². The summed E-state index contributed by atoms with van der Waals surface area (Å²) in [6.07, 6.45) is 0. The maximum absolute atomic E-state index is 10.2. The van der Waals surface area contributed by atoms with Crippen LogP contribution in [0.4, 0.5) is 5.95 Å². The molecule has 0 spiro atoms. The molecule has 0 radical (unpaired) electrons. The van der Waals surface area contributed by atoms with Crippen molar-refractivity contribution in [1.29, 1.82) is 0 Å². The molecule has 0 amide bonds. The van der Waals surface area contributed by atoms with Gasteiger partial charge in [0.05, 0.1) is 25.6 Å². The average Bonchev–Trinajstić information content (AvgIpc) is 2.73. The Balaban J connectivity index is 2.04. The lowest BCUT2D eigenvalue weighted by Gasteiger charge is -2.12. The normalized spacial score (nSPS) is 10.8. The van der Waals surface area contributed by atoms with Crippen molar-refractivity contribution in [3.05, 3.63) is 48.5 Å². The zero-order valence-corrected chi connectivity index (χ0v) is 15.2. The highest BCUT2D eigenvalue weighted by Gasteiger charge is 2.18. The second-order valence-corrected chi connectivity index (χ2v) is 5.96. The van der Waals surface area contributed by atoms with E-state index in [0.717, 1.165) is 11.1 Å². The highest BCUT2D eigenvalue weighted by Crippen LogP contribution is 2.34. The fourth-order valence-corrected chi connectivity index (χ4v) is 2.89. The Morgan fingerprint density at radius 3 is 1.93 bits per heavy atom. The Bertz CT molecular complexity index is 1180. The first-order valence-corrected chi connectivity index (χ1v) is 8.42. The van der Waals surface area contributed by atoms with Crippen molar-refractivity contribution >= 4 is 17.1 Å². The summed E-state index contributed by atoms with van der Waals surface area (Å²) in [5.74, 6) is 0.955. The van der Waals surface area contributed by atoms with Gasteiger partial charge >= 0.3 is 0 Å². The van der Waals surface area contributed by atoms with Crippen LogP contribution in [0.3, 0.4) is 0 Å². The molecular weight excluding hydrogens is 358 g/mol. The summed E-state index contributed by atoms with van der Waals surface area (Å²) >= 11 is 0. The molecule has 0 bridgehead atoms. The Morgan fingerprint density at radius 2 is 1.36 bits per heavy atom. The van der Waals surface area contributed by atoms with Crippen LogP contribution in [0.25, 0.3) is 33.7 Å². The molecule has 0 saturated heterocycles. The highest BCUT2D eigenvalue weighted by molar-refractivity contribution is 5.87. The number of nitrogens with two attached hydrogens (primary N) is 1. The molecule has 4 aromatic rings. The molecule has 2 heterocycles. The summed E-state index contributed by atoms with van der Waals surface area (Å²) in [6, 6.07) is 14.9. The number of rotatable bonds is 4. The van der Waals surface area contributed by atoms with Crippen LogP contribution in [-0.4, -0.2) is 39.3 Å². The van der Waals surface area contributed by atoms with Crippen molar-refractivity contribution in [2.45, 2.75) is 0 Å². The van der Waals surface area contributed by atoms with Gasteiger partial charge in [-0.1, -0.05) is 24.3 Å². The number of nitrogen functional groups attached to an aromatic ring is 1. The van der Waals surface area contributed by atoms with E-state index in [4.69, 9.17) is 15.2 Å². The third-order valence-electron chi connectivity index (χ3n) is 4.22. The molecule has 2 aromatic heterocycles. The molecule has 0 aliphatic heterocycles. The van der Waals surface area contributed by atoms with Crippen LogP contribution >= 0.6 is 0 Å². The number of anilines is 1. The van der Waals surface area contributed by atoms with Gasteiger partial charge in [0.1, 0.15) is 11.5 Å². The van der Waals surface area contributed by atoms with Crippen molar-refractivity contribution < 1.29 is 14.6 Å². The first kappa shape index (κ1) is 17.5. The van der Waals surface area contributed by atoms with Gasteiger partial charge in [-0.25, -0.2) is 9.97 Å². The second kappa shape index (κ2) is 6.99. The van der Waals surface area contributed by atoms with Crippen LogP contribution in [0.5, 0.6) is 17.4 Å². The van der Waals surface area contributed by atoms with Crippen LogP contribution in [0.2, 0.25) is 0 Å². The minimum Gasteiger partial charge on any atom is -0.497 e. The molecule has 0 atom stereocenters. The molecule has 0 saturated carbocycles. The van der Waals surface area contributed by atoms with E-state index in [1.807, 2.05) is 48.5 Å². The largest absolute Gasteiger partial charge is 0.497 e. The Hall–Kier alpha value is -3.94. The second-order valence-electron chi connectivity index (χ2n) is 5.96. The molecule has 0 aliphatic carbocycles. The highest BCUT2D eigenvalue weighted by atomic mass is 16.5. The number of aromatic nitrogens is 4.